The van der Waals surface area contributed by atoms with Crippen LogP contribution in [0.1, 0.15) is 10.5 Å². The Labute approximate surface area is 100 Å². The first kappa shape index (κ1) is 13.0. The number of pyridine rings is 1. The number of carbonyl (C=O) groups is 2. The second-order valence-electron chi connectivity index (χ2n) is 3.89. The lowest BCUT2D eigenvalue weighted by atomic mass is 10.3. The van der Waals surface area contributed by atoms with E-state index < -0.39 is 5.91 Å². The number of carbonyl (C=O) groups excluding carboxylic acids is 2. The van der Waals surface area contributed by atoms with Crippen LogP contribution in [0.2, 0.25) is 0 Å². The van der Waals surface area contributed by atoms with Crippen molar-refractivity contribution in [2.75, 3.05) is 32.6 Å². The first-order valence-electron chi connectivity index (χ1n) is 5.10. The Morgan fingerprint density at radius 1 is 1.29 bits per heavy atom. The van der Waals surface area contributed by atoms with Crippen LogP contribution in [0.5, 0.6) is 0 Å². The Kier molecular flexibility index (Phi) is 4.03. The van der Waals surface area contributed by atoms with Gasteiger partial charge in [0.25, 0.3) is 5.91 Å². The summed E-state index contributed by atoms with van der Waals surface area (Å²) in [6, 6.07) is 4.93. The highest BCUT2D eigenvalue weighted by molar-refractivity contribution is 5.91. The summed E-state index contributed by atoms with van der Waals surface area (Å²) < 4.78 is 0. The largest absolute Gasteiger partial charge is 0.364 e. The van der Waals surface area contributed by atoms with Crippen molar-refractivity contribution in [1.82, 2.24) is 9.88 Å². The van der Waals surface area contributed by atoms with Gasteiger partial charge in [-0.15, -0.1) is 0 Å². The highest BCUT2D eigenvalue weighted by atomic mass is 16.2. The molecule has 0 aromatic carbocycles. The standard InChI is InChI=1S/C11H16N4O2/c1-14(2)10(16)7-15(3)9-6-4-5-8(13-9)11(12)17/h4-6H,7H2,1-3H3,(H2,12,17). The van der Waals surface area contributed by atoms with Gasteiger partial charge in [0.1, 0.15) is 11.5 Å². The van der Waals surface area contributed by atoms with Crippen molar-refractivity contribution < 1.29 is 9.59 Å². The van der Waals surface area contributed by atoms with E-state index in [1.165, 1.54) is 11.0 Å². The zero-order chi connectivity index (χ0) is 13.0. The molecule has 1 aromatic rings. The van der Waals surface area contributed by atoms with Gasteiger partial charge in [-0.25, -0.2) is 4.98 Å². The number of rotatable bonds is 4. The lowest BCUT2D eigenvalue weighted by molar-refractivity contribution is -0.127. The van der Waals surface area contributed by atoms with Gasteiger partial charge >= 0.3 is 0 Å². The van der Waals surface area contributed by atoms with Crippen LogP contribution in [-0.2, 0) is 4.79 Å². The Morgan fingerprint density at radius 2 is 1.94 bits per heavy atom. The zero-order valence-corrected chi connectivity index (χ0v) is 10.2. The quantitative estimate of drug-likeness (QED) is 0.778. The molecule has 0 spiro atoms. The minimum Gasteiger partial charge on any atom is -0.364 e. The SMILES string of the molecule is CN(C)C(=O)CN(C)c1cccc(C(N)=O)n1. The molecule has 6 heteroatoms. The molecule has 0 radical (unpaired) electrons. The van der Waals surface area contributed by atoms with Crippen LogP contribution in [0, 0.1) is 0 Å². The van der Waals surface area contributed by atoms with Crippen molar-refractivity contribution in [2.24, 2.45) is 5.73 Å². The third kappa shape index (κ3) is 3.44. The smallest absolute Gasteiger partial charge is 0.267 e. The predicted molar refractivity (Wildman–Crippen MR) is 64.7 cm³/mol. The van der Waals surface area contributed by atoms with Gasteiger partial charge in [0, 0.05) is 21.1 Å². The van der Waals surface area contributed by atoms with Crippen molar-refractivity contribution in [1.29, 1.82) is 0 Å². The third-order valence-electron chi connectivity index (χ3n) is 2.25. The Hall–Kier alpha value is -2.11. The highest BCUT2D eigenvalue weighted by Crippen LogP contribution is 2.09. The van der Waals surface area contributed by atoms with Crippen molar-refractivity contribution in [3.63, 3.8) is 0 Å². The van der Waals surface area contributed by atoms with E-state index in [1.54, 1.807) is 38.2 Å². The normalized spacial score (nSPS) is 9.82. The molecule has 1 heterocycles. The van der Waals surface area contributed by atoms with Gasteiger partial charge in [-0.3, -0.25) is 9.59 Å². The van der Waals surface area contributed by atoms with Crippen molar-refractivity contribution in [3.8, 4) is 0 Å². The number of nitrogens with zero attached hydrogens (tertiary/aromatic N) is 3. The average molecular weight is 236 g/mol. The molecule has 0 saturated heterocycles. The number of primary amides is 1. The molecule has 0 aliphatic rings. The zero-order valence-electron chi connectivity index (χ0n) is 10.2. The Morgan fingerprint density at radius 3 is 2.47 bits per heavy atom. The minimum atomic E-state index is -0.584. The summed E-state index contributed by atoms with van der Waals surface area (Å²) in [6.07, 6.45) is 0. The van der Waals surface area contributed by atoms with Crippen LogP contribution in [0.4, 0.5) is 5.82 Å². The second kappa shape index (κ2) is 5.29. The Balaban J connectivity index is 2.82. The predicted octanol–water partition coefficient (Wildman–Crippen LogP) is -0.295. The van der Waals surface area contributed by atoms with E-state index in [-0.39, 0.29) is 18.1 Å². The maximum absolute atomic E-state index is 11.5. The number of amides is 2. The van der Waals surface area contributed by atoms with E-state index in [0.717, 1.165) is 0 Å². The molecule has 0 aliphatic carbocycles. The molecule has 0 fully saturated rings. The summed E-state index contributed by atoms with van der Waals surface area (Å²) in [5, 5.41) is 0. The van der Waals surface area contributed by atoms with Gasteiger partial charge in [0.05, 0.1) is 6.54 Å². The fraction of sp³-hybridized carbons (Fsp3) is 0.364. The molecule has 1 rings (SSSR count). The summed E-state index contributed by atoms with van der Waals surface area (Å²) in [7, 11) is 5.10. The van der Waals surface area contributed by atoms with E-state index in [1.807, 2.05) is 0 Å². The molecular formula is C11H16N4O2. The van der Waals surface area contributed by atoms with Crippen molar-refractivity contribution in [3.05, 3.63) is 23.9 Å². The number of nitrogens with two attached hydrogens (primary N) is 1. The van der Waals surface area contributed by atoms with Crippen LogP contribution >= 0.6 is 0 Å². The average Bonchev–Trinajstić information content (AvgIpc) is 2.28. The first-order chi connectivity index (χ1) is 7.91. The summed E-state index contributed by atoms with van der Waals surface area (Å²) in [6.45, 7) is 0.197. The first-order valence-corrected chi connectivity index (χ1v) is 5.10. The van der Waals surface area contributed by atoms with Crippen LogP contribution in [-0.4, -0.2) is 49.4 Å². The van der Waals surface area contributed by atoms with E-state index >= 15 is 0 Å². The van der Waals surface area contributed by atoms with Gasteiger partial charge in [0.15, 0.2) is 0 Å². The van der Waals surface area contributed by atoms with E-state index in [2.05, 4.69) is 4.98 Å². The monoisotopic (exact) mass is 236 g/mol. The summed E-state index contributed by atoms with van der Waals surface area (Å²) >= 11 is 0. The molecule has 0 bridgehead atoms. The van der Waals surface area contributed by atoms with Crippen molar-refractivity contribution in [2.45, 2.75) is 0 Å². The van der Waals surface area contributed by atoms with Gasteiger partial charge in [-0.2, -0.15) is 0 Å². The van der Waals surface area contributed by atoms with Crippen LogP contribution in [0.25, 0.3) is 0 Å². The topological polar surface area (TPSA) is 79.5 Å². The molecule has 0 unspecified atom stereocenters. The van der Waals surface area contributed by atoms with E-state index in [9.17, 15) is 9.59 Å². The van der Waals surface area contributed by atoms with E-state index in [4.69, 9.17) is 5.73 Å². The molecule has 1 aromatic heterocycles. The van der Waals surface area contributed by atoms with Crippen LogP contribution in [0.3, 0.4) is 0 Å². The third-order valence-corrected chi connectivity index (χ3v) is 2.25. The fourth-order valence-corrected chi connectivity index (χ4v) is 1.20. The summed E-state index contributed by atoms with van der Waals surface area (Å²) in [5.41, 5.74) is 5.32. The number of likely N-dealkylation sites (N-methyl/N-ethyl adjacent to an activating group) is 2. The van der Waals surface area contributed by atoms with E-state index in [0.29, 0.717) is 5.82 Å². The number of anilines is 1. The van der Waals surface area contributed by atoms with Gasteiger partial charge in [-0.1, -0.05) is 6.07 Å². The molecular weight excluding hydrogens is 220 g/mol. The molecule has 0 saturated carbocycles. The number of hydrogen-bond acceptors (Lipinski definition) is 4. The van der Waals surface area contributed by atoms with Crippen molar-refractivity contribution >= 4 is 17.6 Å². The number of aromatic nitrogens is 1. The summed E-state index contributed by atoms with van der Waals surface area (Å²) in [5.74, 6) is -0.0885. The van der Waals surface area contributed by atoms with Gasteiger partial charge in [-0.05, 0) is 12.1 Å². The number of hydrogen-bond donors (Lipinski definition) is 1. The lowest BCUT2D eigenvalue weighted by Gasteiger charge is -2.20. The minimum absolute atomic E-state index is 0.0428. The summed E-state index contributed by atoms with van der Waals surface area (Å²) in [4.78, 5) is 29.7. The fourth-order valence-electron chi connectivity index (χ4n) is 1.20. The second-order valence-corrected chi connectivity index (χ2v) is 3.89. The highest BCUT2D eigenvalue weighted by Gasteiger charge is 2.11. The van der Waals surface area contributed by atoms with Crippen LogP contribution < -0.4 is 10.6 Å². The molecule has 6 nitrogen and oxygen atoms in total. The maximum atomic E-state index is 11.5. The van der Waals surface area contributed by atoms with Gasteiger partial charge < -0.3 is 15.5 Å². The molecule has 17 heavy (non-hydrogen) atoms. The Bertz CT molecular complexity index is 431. The molecule has 2 amide bonds. The molecule has 2 N–H and O–H groups in total. The molecule has 92 valence electrons. The van der Waals surface area contributed by atoms with Crippen LogP contribution in [0.15, 0.2) is 18.2 Å². The van der Waals surface area contributed by atoms with Gasteiger partial charge in [0.2, 0.25) is 5.91 Å². The molecule has 0 atom stereocenters. The lowest BCUT2D eigenvalue weighted by Crippen LogP contribution is -2.34. The maximum Gasteiger partial charge on any atom is 0.267 e. The molecule has 0 aliphatic heterocycles.